The van der Waals surface area contributed by atoms with Crippen molar-refractivity contribution >= 4 is 12.0 Å². The third-order valence-corrected chi connectivity index (χ3v) is 6.31. The number of benzene rings is 1. The molecule has 9 nitrogen and oxygen atoms in total. The lowest BCUT2D eigenvalue weighted by Crippen LogP contribution is -2.49. The van der Waals surface area contributed by atoms with Crippen molar-refractivity contribution in [2.24, 2.45) is 0 Å². The normalized spacial score (nSPS) is 16.3. The van der Waals surface area contributed by atoms with Gasteiger partial charge in [0.25, 0.3) is 0 Å². The maximum Gasteiger partial charge on any atom is 0.410 e. The Morgan fingerprint density at radius 3 is 2.42 bits per heavy atom. The molecular weight excluding hydrogens is 464 g/mol. The highest BCUT2D eigenvalue weighted by Crippen LogP contribution is 2.42. The van der Waals surface area contributed by atoms with Crippen molar-refractivity contribution in [1.82, 2.24) is 10.2 Å². The van der Waals surface area contributed by atoms with E-state index in [1.54, 1.807) is 32.6 Å². The Hall–Kier alpha value is -3.33. The lowest BCUT2D eigenvalue weighted by Gasteiger charge is -2.41. The van der Waals surface area contributed by atoms with Gasteiger partial charge in [-0.1, -0.05) is 30.3 Å². The van der Waals surface area contributed by atoms with E-state index < -0.39 is 34.3 Å². The Morgan fingerprint density at radius 1 is 1.19 bits per heavy atom. The average Bonchev–Trinajstić information content (AvgIpc) is 2.80. The number of aromatic hydroxyl groups is 1. The number of rotatable bonds is 7. The average molecular weight is 501 g/mol. The van der Waals surface area contributed by atoms with Crippen LogP contribution in [-0.4, -0.2) is 58.5 Å². The predicted molar refractivity (Wildman–Crippen MR) is 134 cm³/mol. The Morgan fingerprint density at radius 2 is 1.83 bits per heavy atom. The lowest BCUT2D eigenvalue weighted by molar-refractivity contribution is -0.124. The summed E-state index contributed by atoms with van der Waals surface area (Å²) in [5, 5.41) is 23.4. The third kappa shape index (κ3) is 6.87. The van der Waals surface area contributed by atoms with Gasteiger partial charge >= 0.3 is 6.09 Å². The highest BCUT2D eigenvalue weighted by Gasteiger charge is 2.44. The van der Waals surface area contributed by atoms with Crippen molar-refractivity contribution in [3.8, 4) is 5.75 Å². The van der Waals surface area contributed by atoms with Crippen molar-refractivity contribution in [2.45, 2.75) is 70.4 Å². The molecule has 0 bridgehead atoms. The van der Waals surface area contributed by atoms with E-state index in [0.717, 1.165) is 5.56 Å². The van der Waals surface area contributed by atoms with Crippen molar-refractivity contribution in [3.63, 3.8) is 0 Å². The maximum absolute atomic E-state index is 13.2. The number of amides is 2. The second-order valence-electron chi connectivity index (χ2n) is 10.5. The Balaban J connectivity index is 1.82. The molecule has 1 aromatic carbocycles. The van der Waals surface area contributed by atoms with Gasteiger partial charge in [0.15, 0.2) is 5.76 Å². The summed E-state index contributed by atoms with van der Waals surface area (Å²) in [5.74, 6) is -0.504. The molecule has 1 aliphatic heterocycles. The number of nitrogens with zero attached hydrogens (tertiary/aromatic N) is 1. The van der Waals surface area contributed by atoms with Crippen LogP contribution >= 0.6 is 0 Å². The van der Waals surface area contributed by atoms with Crippen LogP contribution in [0.25, 0.3) is 0 Å². The molecule has 0 saturated carbocycles. The van der Waals surface area contributed by atoms with Crippen molar-refractivity contribution in [1.29, 1.82) is 0 Å². The van der Waals surface area contributed by atoms with Gasteiger partial charge in [-0.2, -0.15) is 0 Å². The van der Waals surface area contributed by atoms with E-state index in [9.17, 15) is 24.6 Å². The minimum atomic E-state index is -1.01. The van der Waals surface area contributed by atoms with E-state index in [2.05, 4.69) is 5.32 Å². The molecule has 3 N–H and O–H groups in total. The van der Waals surface area contributed by atoms with E-state index >= 15 is 0 Å². The largest absolute Gasteiger partial charge is 0.502 e. The molecule has 9 heteroatoms. The minimum Gasteiger partial charge on any atom is -0.502 e. The molecule has 1 aromatic heterocycles. The van der Waals surface area contributed by atoms with Crippen LogP contribution in [0, 0.1) is 6.92 Å². The van der Waals surface area contributed by atoms with Crippen LogP contribution in [0.4, 0.5) is 4.79 Å². The number of hydrogen-bond acceptors (Lipinski definition) is 7. The summed E-state index contributed by atoms with van der Waals surface area (Å²) >= 11 is 0. The Labute approximate surface area is 211 Å². The molecule has 1 fully saturated rings. The second kappa shape index (κ2) is 11.2. The van der Waals surface area contributed by atoms with Crippen molar-refractivity contribution in [3.05, 3.63) is 63.7 Å². The summed E-state index contributed by atoms with van der Waals surface area (Å²) in [6.07, 6.45) is 0.469. The van der Waals surface area contributed by atoms with Gasteiger partial charge in [0.2, 0.25) is 17.1 Å². The van der Waals surface area contributed by atoms with Gasteiger partial charge in [-0.05, 0) is 52.5 Å². The fourth-order valence-electron chi connectivity index (χ4n) is 4.54. The van der Waals surface area contributed by atoms with E-state index in [1.807, 2.05) is 30.3 Å². The molecule has 0 radical (unpaired) electrons. The summed E-state index contributed by atoms with van der Waals surface area (Å²) in [4.78, 5) is 39.7. The van der Waals surface area contributed by atoms with Crippen LogP contribution in [-0.2, 0) is 21.4 Å². The van der Waals surface area contributed by atoms with E-state index in [4.69, 9.17) is 9.15 Å². The summed E-state index contributed by atoms with van der Waals surface area (Å²) in [6, 6.07) is 10.2. The predicted octanol–water partition coefficient (Wildman–Crippen LogP) is 3.03. The van der Waals surface area contributed by atoms with Crippen LogP contribution in [0.3, 0.4) is 0 Å². The highest BCUT2D eigenvalue weighted by atomic mass is 16.6. The van der Waals surface area contributed by atoms with Crippen molar-refractivity contribution in [2.75, 3.05) is 19.7 Å². The number of ether oxygens (including phenoxy) is 1. The zero-order chi connectivity index (χ0) is 26.5. The highest BCUT2D eigenvalue weighted by molar-refractivity contribution is 5.78. The number of hydrogen-bond donors (Lipinski definition) is 3. The van der Waals surface area contributed by atoms with Crippen LogP contribution in [0.2, 0.25) is 0 Å². The quantitative estimate of drug-likeness (QED) is 0.533. The second-order valence-corrected chi connectivity index (χ2v) is 10.5. The first kappa shape index (κ1) is 27.3. The minimum absolute atomic E-state index is 0.0510. The first-order valence-corrected chi connectivity index (χ1v) is 12.2. The number of likely N-dealkylation sites (tertiary alicyclic amines) is 1. The molecule has 3 rings (SSSR count). The van der Waals surface area contributed by atoms with Crippen molar-refractivity contribution < 1.29 is 29.0 Å². The molecule has 2 amide bonds. The Kier molecular flexibility index (Phi) is 8.45. The smallest absolute Gasteiger partial charge is 0.410 e. The molecule has 1 aliphatic rings. The molecular formula is C27H36N2O7. The fourth-order valence-corrected chi connectivity index (χ4v) is 4.54. The van der Waals surface area contributed by atoms with Gasteiger partial charge in [-0.3, -0.25) is 9.59 Å². The summed E-state index contributed by atoms with van der Waals surface area (Å²) in [7, 11) is 0. The van der Waals surface area contributed by atoms with Gasteiger partial charge in [-0.25, -0.2) is 4.79 Å². The van der Waals surface area contributed by atoms with E-state index in [-0.39, 0.29) is 50.6 Å². The van der Waals surface area contributed by atoms with Gasteiger partial charge in [-0.15, -0.1) is 0 Å². The number of aryl methyl sites for hydroxylation is 1. The maximum atomic E-state index is 13.2. The molecule has 2 aromatic rings. The third-order valence-electron chi connectivity index (χ3n) is 6.31. The monoisotopic (exact) mass is 500 g/mol. The zero-order valence-corrected chi connectivity index (χ0v) is 21.4. The number of carbonyl (C=O) groups is 2. The fraction of sp³-hybridized carbons (Fsp3) is 0.519. The lowest BCUT2D eigenvalue weighted by atomic mass is 9.72. The van der Waals surface area contributed by atoms with Crippen LogP contribution in [0.15, 0.2) is 45.6 Å². The van der Waals surface area contributed by atoms with Crippen LogP contribution in [0.5, 0.6) is 5.75 Å². The van der Waals surface area contributed by atoms with Gasteiger partial charge < -0.3 is 29.6 Å². The SMILES string of the molecule is Cc1cc(=O)c(O)c(C2(CC(=O)N[C@@H](CO)Cc3ccccc3)CCN(C(=O)OC(C)(C)C)CC2)o1. The van der Waals surface area contributed by atoms with E-state index in [0.29, 0.717) is 12.2 Å². The molecule has 0 unspecified atom stereocenters. The number of aliphatic hydroxyl groups excluding tert-OH is 1. The standard InChI is InChI=1S/C27H36N2O7/c1-18-14-21(31)23(33)24(35-18)27(10-12-29(13-11-27)25(34)36-26(2,3)4)16-22(32)28-20(17-30)15-19-8-6-5-7-9-19/h5-9,14,20,30,33H,10-13,15-17H2,1-4H3,(H,28,32)/t20-/m1/s1. The van der Waals surface area contributed by atoms with Gasteiger partial charge in [0.1, 0.15) is 11.4 Å². The summed E-state index contributed by atoms with van der Waals surface area (Å²) in [5.41, 5.74) is -1.27. The van der Waals surface area contributed by atoms with E-state index in [1.165, 1.54) is 6.07 Å². The van der Waals surface area contributed by atoms with Crippen LogP contribution in [0.1, 0.15) is 57.1 Å². The first-order chi connectivity index (χ1) is 16.9. The first-order valence-electron chi connectivity index (χ1n) is 12.2. The molecule has 36 heavy (non-hydrogen) atoms. The molecule has 196 valence electrons. The van der Waals surface area contributed by atoms with Gasteiger partial charge in [0.05, 0.1) is 12.6 Å². The Bertz CT molecular complexity index is 1110. The molecule has 2 heterocycles. The summed E-state index contributed by atoms with van der Waals surface area (Å²) < 4.78 is 11.3. The number of aliphatic hydroxyl groups is 1. The van der Waals surface area contributed by atoms with Crippen LogP contribution < -0.4 is 10.7 Å². The molecule has 1 atom stereocenters. The van der Waals surface area contributed by atoms with Gasteiger partial charge in [0, 0.05) is 31.0 Å². The number of piperidine rings is 1. The molecule has 1 saturated heterocycles. The summed E-state index contributed by atoms with van der Waals surface area (Å²) in [6.45, 7) is 7.24. The molecule has 0 aliphatic carbocycles. The topological polar surface area (TPSA) is 129 Å². The zero-order valence-electron chi connectivity index (χ0n) is 21.4. The molecule has 0 spiro atoms. The number of nitrogens with one attached hydrogen (secondary N) is 1. The number of carbonyl (C=O) groups excluding carboxylic acids is 2.